The van der Waals surface area contributed by atoms with Crippen molar-refractivity contribution in [2.75, 3.05) is 26.2 Å². The molecule has 1 atom stereocenters. The summed E-state index contributed by atoms with van der Waals surface area (Å²) in [5, 5.41) is 3.09. The summed E-state index contributed by atoms with van der Waals surface area (Å²) < 4.78 is 40.4. The fraction of sp³-hybridized carbons (Fsp3) is 0.625. The number of hydrogen-bond acceptors (Lipinski definition) is 2. The van der Waals surface area contributed by atoms with E-state index < -0.39 is 12.2 Å². The van der Waals surface area contributed by atoms with Crippen molar-refractivity contribution in [2.24, 2.45) is 0 Å². The van der Waals surface area contributed by atoms with E-state index in [1.807, 2.05) is 12.1 Å². The lowest BCUT2D eigenvalue weighted by Crippen LogP contribution is -2.49. The zero-order chi connectivity index (χ0) is 15.7. The van der Waals surface area contributed by atoms with Gasteiger partial charge in [0.05, 0.1) is 0 Å². The second kappa shape index (κ2) is 5.97. The molecule has 2 nitrogen and oxygen atoms in total. The third-order valence-electron chi connectivity index (χ3n) is 3.92. The summed E-state index contributed by atoms with van der Waals surface area (Å²) in [6, 6.07) is 5.38. The van der Waals surface area contributed by atoms with E-state index in [2.05, 4.69) is 26.1 Å². The molecule has 0 bridgehead atoms. The molecule has 0 saturated carbocycles. The standard InChI is InChI=1S/C16H23F3N2/c1-15(2,3)13-6-4-12(5-7-13)14(16(17,18)19)21-10-8-20-9-11-21/h4-7,14,20H,8-11H2,1-3H3/t14-/m0/s1. The summed E-state index contributed by atoms with van der Waals surface area (Å²) in [5.74, 6) is 0. The molecule has 21 heavy (non-hydrogen) atoms. The third-order valence-corrected chi connectivity index (χ3v) is 3.92. The quantitative estimate of drug-likeness (QED) is 0.899. The summed E-state index contributed by atoms with van der Waals surface area (Å²) in [4.78, 5) is 1.52. The van der Waals surface area contributed by atoms with Crippen LogP contribution in [0.15, 0.2) is 24.3 Å². The first-order valence-corrected chi connectivity index (χ1v) is 7.31. The van der Waals surface area contributed by atoms with E-state index in [0.717, 1.165) is 5.56 Å². The first-order chi connectivity index (χ1) is 9.69. The van der Waals surface area contributed by atoms with Crippen LogP contribution in [0.2, 0.25) is 0 Å². The molecular formula is C16H23F3N2. The van der Waals surface area contributed by atoms with Crippen molar-refractivity contribution in [3.8, 4) is 0 Å². The number of alkyl halides is 3. The number of benzene rings is 1. The molecule has 0 radical (unpaired) electrons. The van der Waals surface area contributed by atoms with E-state index in [1.165, 1.54) is 4.90 Å². The summed E-state index contributed by atoms with van der Waals surface area (Å²) in [5.41, 5.74) is 1.33. The zero-order valence-electron chi connectivity index (χ0n) is 12.8. The van der Waals surface area contributed by atoms with Crippen molar-refractivity contribution >= 4 is 0 Å². The lowest BCUT2D eigenvalue weighted by Gasteiger charge is -2.36. The van der Waals surface area contributed by atoms with Gasteiger partial charge in [0, 0.05) is 26.2 Å². The number of halogens is 3. The Labute approximate surface area is 124 Å². The summed E-state index contributed by atoms with van der Waals surface area (Å²) >= 11 is 0. The van der Waals surface area contributed by atoms with Crippen LogP contribution in [0, 0.1) is 0 Å². The van der Waals surface area contributed by atoms with Crippen LogP contribution in [-0.4, -0.2) is 37.3 Å². The topological polar surface area (TPSA) is 15.3 Å². The molecular weight excluding hydrogens is 277 g/mol. The van der Waals surface area contributed by atoms with Gasteiger partial charge in [0.2, 0.25) is 0 Å². The van der Waals surface area contributed by atoms with Crippen molar-refractivity contribution in [1.82, 2.24) is 10.2 Å². The zero-order valence-corrected chi connectivity index (χ0v) is 12.8. The van der Waals surface area contributed by atoms with Gasteiger partial charge in [0.1, 0.15) is 6.04 Å². The maximum Gasteiger partial charge on any atom is 0.408 e. The van der Waals surface area contributed by atoms with Crippen LogP contribution in [0.4, 0.5) is 13.2 Å². The Morgan fingerprint density at radius 3 is 1.95 bits per heavy atom. The Hall–Kier alpha value is -1.07. The Bertz CT molecular complexity index is 454. The maximum atomic E-state index is 13.5. The average Bonchev–Trinajstić information content (AvgIpc) is 2.38. The molecule has 1 fully saturated rings. The van der Waals surface area contributed by atoms with Gasteiger partial charge < -0.3 is 5.32 Å². The van der Waals surface area contributed by atoms with Crippen LogP contribution in [0.1, 0.15) is 37.9 Å². The van der Waals surface area contributed by atoms with Crippen LogP contribution < -0.4 is 5.32 Å². The number of nitrogens with one attached hydrogen (secondary N) is 1. The van der Waals surface area contributed by atoms with Gasteiger partial charge in [-0.25, -0.2) is 0 Å². The minimum atomic E-state index is -4.25. The first kappa shape index (κ1) is 16.3. The molecule has 1 aromatic rings. The van der Waals surface area contributed by atoms with E-state index in [1.54, 1.807) is 12.1 Å². The Balaban J connectivity index is 2.29. The highest BCUT2D eigenvalue weighted by atomic mass is 19.4. The second-order valence-electron chi connectivity index (χ2n) is 6.60. The van der Waals surface area contributed by atoms with Crippen molar-refractivity contribution < 1.29 is 13.2 Å². The van der Waals surface area contributed by atoms with E-state index in [0.29, 0.717) is 31.7 Å². The summed E-state index contributed by atoms with van der Waals surface area (Å²) in [6.45, 7) is 8.22. The maximum absolute atomic E-state index is 13.5. The van der Waals surface area contributed by atoms with Gasteiger partial charge >= 0.3 is 6.18 Å². The van der Waals surface area contributed by atoms with E-state index in [4.69, 9.17) is 0 Å². The third kappa shape index (κ3) is 3.98. The van der Waals surface area contributed by atoms with Crippen molar-refractivity contribution in [3.63, 3.8) is 0 Å². The highest BCUT2D eigenvalue weighted by Gasteiger charge is 2.44. The molecule has 1 heterocycles. The lowest BCUT2D eigenvalue weighted by molar-refractivity contribution is -0.187. The molecule has 2 rings (SSSR count). The monoisotopic (exact) mass is 300 g/mol. The fourth-order valence-electron chi connectivity index (χ4n) is 2.71. The van der Waals surface area contributed by atoms with Crippen LogP contribution in [-0.2, 0) is 5.41 Å². The van der Waals surface area contributed by atoms with Gasteiger partial charge in [-0.1, -0.05) is 45.0 Å². The highest BCUT2D eigenvalue weighted by molar-refractivity contribution is 5.30. The van der Waals surface area contributed by atoms with Crippen LogP contribution in [0.3, 0.4) is 0 Å². The molecule has 1 aromatic carbocycles. The van der Waals surface area contributed by atoms with Gasteiger partial charge in [0.25, 0.3) is 0 Å². The van der Waals surface area contributed by atoms with Crippen LogP contribution in [0.5, 0.6) is 0 Å². The van der Waals surface area contributed by atoms with Crippen molar-refractivity contribution in [2.45, 2.75) is 38.4 Å². The molecule has 1 aliphatic heterocycles. The fourth-order valence-corrected chi connectivity index (χ4v) is 2.71. The molecule has 118 valence electrons. The molecule has 1 N–H and O–H groups in total. The van der Waals surface area contributed by atoms with Crippen LogP contribution in [0.25, 0.3) is 0 Å². The summed E-state index contributed by atoms with van der Waals surface area (Å²) in [7, 11) is 0. The smallest absolute Gasteiger partial charge is 0.314 e. The average molecular weight is 300 g/mol. The predicted octanol–water partition coefficient (Wildman–Crippen LogP) is 3.49. The number of nitrogens with zero attached hydrogens (tertiary/aromatic N) is 1. The van der Waals surface area contributed by atoms with Gasteiger partial charge in [-0.05, 0) is 16.5 Å². The van der Waals surface area contributed by atoms with Crippen molar-refractivity contribution in [3.05, 3.63) is 35.4 Å². The first-order valence-electron chi connectivity index (χ1n) is 7.31. The van der Waals surface area contributed by atoms with Crippen LogP contribution >= 0.6 is 0 Å². The number of hydrogen-bond donors (Lipinski definition) is 1. The molecule has 5 heteroatoms. The largest absolute Gasteiger partial charge is 0.408 e. The highest BCUT2D eigenvalue weighted by Crippen LogP contribution is 2.38. The molecule has 0 unspecified atom stereocenters. The van der Waals surface area contributed by atoms with E-state index in [-0.39, 0.29) is 5.41 Å². The SMILES string of the molecule is CC(C)(C)c1ccc([C@H](N2CCNCC2)C(F)(F)F)cc1. The van der Waals surface area contributed by atoms with Gasteiger partial charge in [-0.2, -0.15) is 13.2 Å². The molecule has 1 saturated heterocycles. The van der Waals surface area contributed by atoms with Gasteiger partial charge in [0.15, 0.2) is 0 Å². The summed E-state index contributed by atoms with van der Waals surface area (Å²) in [6.07, 6.45) is -4.25. The predicted molar refractivity (Wildman–Crippen MR) is 78.4 cm³/mol. The molecule has 0 amide bonds. The van der Waals surface area contributed by atoms with Crippen molar-refractivity contribution in [1.29, 1.82) is 0 Å². The normalized spacial score (nSPS) is 19.5. The van der Waals surface area contributed by atoms with Gasteiger partial charge in [-0.15, -0.1) is 0 Å². The number of piperazine rings is 1. The van der Waals surface area contributed by atoms with Gasteiger partial charge in [-0.3, -0.25) is 4.90 Å². The Kier molecular flexibility index (Phi) is 4.63. The molecule has 1 aliphatic rings. The molecule has 0 aromatic heterocycles. The Morgan fingerprint density at radius 2 is 1.52 bits per heavy atom. The minimum Gasteiger partial charge on any atom is -0.314 e. The second-order valence-corrected chi connectivity index (χ2v) is 6.60. The number of rotatable bonds is 2. The van der Waals surface area contributed by atoms with E-state index in [9.17, 15) is 13.2 Å². The molecule has 0 aliphatic carbocycles. The minimum absolute atomic E-state index is 0.0543. The Morgan fingerprint density at radius 1 is 1.00 bits per heavy atom. The lowest BCUT2D eigenvalue weighted by atomic mass is 9.86. The molecule has 0 spiro atoms. The van der Waals surface area contributed by atoms with E-state index >= 15 is 0 Å².